The second kappa shape index (κ2) is 8.13. The Kier molecular flexibility index (Phi) is 5.63. The number of likely N-dealkylation sites (N-methyl/N-ethyl adjacent to an activating group) is 1. The molecule has 3 aromatic rings. The van der Waals surface area contributed by atoms with Crippen molar-refractivity contribution in [1.29, 1.82) is 0 Å². The summed E-state index contributed by atoms with van der Waals surface area (Å²) in [5, 5.41) is 0.591. The van der Waals surface area contributed by atoms with Gasteiger partial charge in [-0.25, -0.2) is 4.98 Å². The second-order valence-corrected chi connectivity index (χ2v) is 8.31. The van der Waals surface area contributed by atoms with Gasteiger partial charge < -0.3 is 9.80 Å². The number of fused-ring (bicyclic) bond motifs is 1. The normalized spacial score (nSPS) is 15.6. The van der Waals surface area contributed by atoms with Gasteiger partial charge in [-0.1, -0.05) is 29.8 Å². The fraction of sp³-hybridized carbons (Fsp3) is 0.250. The lowest BCUT2D eigenvalue weighted by Gasteiger charge is -2.30. The van der Waals surface area contributed by atoms with Crippen LogP contribution in [-0.2, 0) is 17.4 Å². The van der Waals surface area contributed by atoms with Gasteiger partial charge in [0.1, 0.15) is 11.9 Å². The smallest absolute Gasteiger partial charge is 0.314 e. The number of aromatic nitrogens is 1. The zero-order chi connectivity index (χ0) is 23.2. The molecule has 1 aliphatic rings. The molecular weight excluding hydrogens is 439 g/mol. The summed E-state index contributed by atoms with van der Waals surface area (Å²) in [5.41, 5.74) is 2.47. The molecule has 0 saturated heterocycles. The van der Waals surface area contributed by atoms with Crippen LogP contribution in [0.4, 0.5) is 30.4 Å². The number of rotatable bonds is 3. The molecule has 1 atom stereocenters. The average Bonchev–Trinajstić information content (AvgIpc) is 3.13. The molecule has 4 nitrogen and oxygen atoms in total. The summed E-state index contributed by atoms with van der Waals surface area (Å²) in [6.45, 7) is 3.36. The summed E-state index contributed by atoms with van der Waals surface area (Å²) in [7, 11) is 1.65. The summed E-state index contributed by atoms with van der Waals surface area (Å²) in [6.07, 6.45) is -4.15. The Morgan fingerprint density at radius 2 is 1.84 bits per heavy atom. The van der Waals surface area contributed by atoms with Crippen molar-refractivity contribution in [3.8, 4) is 0 Å². The van der Waals surface area contributed by atoms with E-state index in [1.54, 1.807) is 42.3 Å². The third-order valence-corrected chi connectivity index (χ3v) is 6.06. The Bertz CT molecular complexity index is 1200. The maximum Gasteiger partial charge on any atom is 0.416 e. The van der Waals surface area contributed by atoms with Gasteiger partial charge in [0, 0.05) is 35.6 Å². The van der Waals surface area contributed by atoms with Crippen LogP contribution in [0, 0.1) is 13.8 Å². The van der Waals surface area contributed by atoms with Crippen LogP contribution in [0.1, 0.15) is 22.4 Å². The van der Waals surface area contributed by atoms with E-state index in [1.165, 1.54) is 11.8 Å². The van der Waals surface area contributed by atoms with Crippen molar-refractivity contribution in [1.82, 2.24) is 4.98 Å². The number of alkyl halides is 3. The van der Waals surface area contributed by atoms with Crippen molar-refractivity contribution >= 4 is 34.7 Å². The van der Waals surface area contributed by atoms with Crippen molar-refractivity contribution in [3.05, 3.63) is 82.0 Å². The molecule has 0 N–H and O–H groups in total. The number of benzene rings is 2. The lowest BCUT2D eigenvalue weighted by atomic mass is 10.1. The number of anilines is 3. The Morgan fingerprint density at radius 1 is 1.12 bits per heavy atom. The number of aryl methyl sites for hydroxylation is 2. The van der Waals surface area contributed by atoms with Crippen molar-refractivity contribution in [2.75, 3.05) is 16.8 Å². The molecular formula is C24H21ClF3N3O. The highest BCUT2D eigenvalue weighted by Crippen LogP contribution is 2.40. The quantitative estimate of drug-likeness (QED) is 0.475. The van der Waals surface area contributed by atoms with Gasteiger partial charge in [0.05, 0.1) is 5.56 Å². The molecule has 1 amide bonds. The lowest BCUT2D eigenvalue weighted by molar-refractivity contribution is -0.137. The van der Waals surface area contributed by atoms with E-state index in [0.29, 0.717) is 22.8 Å². The average molecular weight is 460 g/mol. The summed E-state index contributed by atoms with van der Waals surface area (Å²) in [4.78, 5) is 21.0. The number of carbonyl (C=O) groups is 1. The molecule has 0 radical (unpaired) electrons. The minimum Gasteiger partial charge on any atom is -0.314 e. The summed E-state index contributed by atoms with van der Waals surface area (Å²) < 4.78 is 40.4. The second-order valence-electron chi connectivity index (χ2n) is 7.90. The monoisotopic (exact) mass is 459 g/mol. The summed E-state index contributed by atoms with van der Waals surface area (Å²) in [5.74, 6) is -0.152. The molecule has 0 spiro atoms. The van der Waals surface area contributed by atoms with Crippen LogP contribution in [0.2, 0.25) is 5.02 Å². The van der Waals surface area contributed by atoms with Gasteiger partial charge in [-0.15, -0.1) is 0 Å². The first kappa shape index (κ1) is 22.1. The first-order valence-corrected chi connectivity index (χ1v) is 10.4. The molecule has 4 rings (SSSR count). The minimum atomic E-state index is -4.52. The predicted octanol–water partition coefficient (Wildman–Crippen LogP) is 6.10. The Hall–Kier alpha value is -3.06. The zero-order valence-electron chi connectivity index (χ0n) is 17.7. The summed E-state index contributed by atoms with van der Waals surface area (Å²) >= 11 is 6.11. The van der Waals surface area contributed by atoms with Crippen molar-refractivity contribution in [2.24, 2.45) is 0 Å². The van der Waals surface area contributed by atoms with E-state index >= 15 is 0 Å². The Balaban J connectivity index is 1.78. The van der Waals surface area contributed by atoms with E-state index < -0.39 is 17.8 Å². The van der Waals surface area contributed by atoms with E-state index in [2.05, 4.69) is 4.98 Å². The highest BCUT2D eigenvalue weighted by molar-refractivity contribution is 6.31. The number of nitrogens with zero attached hydrogens (tertiary/aromatic N) is 3. The van der Waals surface area contributed by atoms with E-state index in [1.807, 2.05) is 19.1 Å². The van der Waals surface area contributed by atoms with Gasteiger partial charge in [-0.05, 0) is 61.4 Å². The maximum absolute atomic E-state index is 13.6. The van der Waals surface area contributed by atoms with Crippen LogP contribution in [-0.4, -0.2) is 24.0 Å². The minimum absolute atomic E-state index is 0.0984. The van der Waals surface area contributed by atoms with E-state index in [-0.39, 0.29) is 17.4 Å². The van der Waals surface area contributed by atoms with E-state index in [4.69, 9.17) is 11.6 Å². The van der Waals surface area contributed by atoms with Crippen LogP contribution in [0.15, 0.2) is 54.6 Å². The zero-order valence-corrected chi connectivity index (χ0v) is 18.5. The standard InChI is InChI=1S/C24H21ClF3N3O/c1-14-10-18(8-9-19(14)25)30(3)23(32)21-12-16-6-4-5-7-20(16)31(21)22-13-17(24(26,27)28)11-15(2)29-22/h4-11,13,21H,12H2,1-3H3/t21-/m0/s1. The van der Waals surface area contributed by atoms with Crippen molar-refractivity contribution < 1.29 is 18.0 Å². The van der Waals surface area contributed by atoms with Crippen molar-refractivity contribution in [3.63, 3.8) is 0 Å². The lowest BCUT2D eigenvalue weighted by Crippen LogP contribution is -2.44. The van der Waals surface area contributed by atoms with Crippen LogP contribution >= 0.6 is 11.6 Å². The molecule has 1 aliphatic heterocycles. The number of amides is 1. The molecule has 32 heavy (non-hydrogen) atoms. The number of carbonyl (C=O) groups excluding carboxylic acids is 1. The van der Waals surface area contributed by atoms with Gasteiger partial charge in [0.15, 0.2) is 0 Å². The fourth-order valence-electron chi connectivity index (χ4n) is 3.99. The van der Waals surface area contributed by atoms with E-state index in [9.17, 15) is 18.0 Å². The van der Waals surface area contributed by atoms with Crippen LogP contribution in [0.3, 0.4) is 0 Å². The highest BCUT2D eigenvalue weighted by Gasteiger charge is 2.39. The summed E-state index contributed by atoms with van der Waals surface area (Å²) in [6, 6.07) is 13.9. The molecule has 8 heteroatoms. The van der Waals surface area contributed by atoms with Gasteiger partial charge in [0.25, 0.3) is 0 Å². The van der Waals surface area contributed by atoms with Crippen molar-refractivity contribution in [2.45, 2.75) is 32.5 Å². The van der Waals surface area contributed by atoms with Crippen LogP contribution < -0.4 is 9.80 Å². The molecule has 166 valence electrons. The number of halogens is 4. The first-order valence-electron chi connectivity index (χ1n) is 10.0. The third kappa shape index (κ3) is 4.05. The SMILES string of the molecule is Cc1cc(C(F)(F)F)cc(N2c3ccccc3C[C@H]2C(=O)N(C)c2ccc(Cl)c(C)c2)n1. The topological polar surface area (TPSA) is 36.4 Å². The predicted molar refractivity (Wildman–Crippen MR) is 120 cm³/mol. The maximum atomic E-state index is 13.6. The molecule has 0 aliphatic carbocycles. The highest BCUT2D eigenvalue weighted by atomic mass is 35.5. The fourth-order valence-corrected chi connectivity index (χ4v) is 4.11. The number of para-hydroxylation sites is 1. The first-order chi connectivity index (χ1) is 15.1. The number of pyridine rings is 1. The Labute approximate surface area is 189 Å². The Morgan fingerprint density at radius 3 is 2.53 bits per heavy atom. The van der Waals surface area contributed by atoms with E-state index in [0.717, 1.165) is 23.3 Å². The molecule has 0 fully saturated rings. The third-order valence-electron chi connectivity index (χ3n) is 5.63. The van der Waals surface area contributed by atoms with Gasteiger partial charge in [-0.3, -0.25) is 4.79 Å². The van der Waals surface area contributed by atoms with Gasteiger partial charge in [-0.2, -0.15) is 13.2 Å². The molecule has 0 bridgehead atoms. The molecule has 2 heterocycles. The number of hydrogen-bond acceptors (Lipinski definition) is 3. The van der Waals surface area contributed by atoms with Crippen LogP contribution in [0.25, 0.3) is 0 Å². The molecule has 0 saturated carbocycles. The van der Waals surface area contributed by atoms with Gasteiger partial charge in [0.2, 0.25) is 5.91 Å². The largest absolute Gasteiger partial charge is 0.416 e. The molecule has 1 aromatic heterocycles. The van der Waals surface area contributed by atoms with Gasteiger partial charge >= 0.3 is 6.18 Å². The van der Waals surface area contributed by atoms with Crippen LogP contribution in [0.5, 0.6) is 0 Å². The molecule has 0 unspecified atom stereocenters. The number of hydrogen-bond donors (Lipinski definition) is 0. The molecule has 2 aromatic carbocycles.